The molecule has 4 aromatic rings. The number of likely N-dealkylation sites (tertiary alicyclic amines) is 1. The van der Waals surface area contributed by atoms with E-state index in [0.717, 1.165) is 6.42 Å². The highest BCUT2D eigenvalue weighted by Gasteiger charge is 2.54. The van der Waals surface area contributed by atoms with Gasteiger partial charge in [0.2, 0.25) is 11.8 Å². The van der Waals surface area contributed by atoms with Crippen LogP contribution in [0.1, 0.15) is 117 Å². The fourth-order valence-corrected chi connectivity index (χ4v) is 13.8. The lowest BCUT2D eigenvalue weighted by Gasteiger charge is -2.49. The van der Waals surface area contributed by atoms with Crippen LogP contribution in [0.25, 0.3) is 22.5 Å². The molecule has 28 nitrogen and oxygen atoms in total. The van der Waals surface area contributed by atoms with E-state index in [9.17, 15) is 68.8 Å². The summed E-state index contributed by atoms with van der Waals surface area (Å²) in [6.45, 7) is 8.54. The molecule has 94 heavy (non-hydrogen) atoms. The molecule has 518 valence electrons. The first-order chi connectivity index (χ1) is 45.1. The average molecular weight is 1330 g/mol. The summed E-state index contributed by atoms with van der Waals surface area (Å²) in [5.41, 5.74) is 1.32. The summed E-state index contributed by atoms with van der Waals surface area (Å²) in [4.78, 5) is 57.5. The monoisotopic (exact) mass is 1330 g/mol. The second-order valence-electron chi connectivity index (χ2n) is 25.7. The van der Waals surface area contributed by atoms with Gasteiger partial charge in [0.05, 0.1) is 55.6 Å². The van der Waals surface area contributed by atoms with Crippen molar-refractivity contribution in [1.29, 1.82) is 0 Å². The number of hydrogen-bond donors (Lipinski definition) is 10. The summed E-state index contributed by atoms with van der Waals surface area (Å²) in [5, 5.41) is 113. The number of carbonyl (C=O) groups is 4. The Hall–Kier alpha value is -5.94. The molecule has 3 amide bonds. The van der Waals surface area contributed by atoms with Crippen molar-refractivity contribution in [3.8, 4) is 22.5 Å². The van der Waals surface area contributed by atoms with Gasteiger partial charge >= 0.3 is 0 Å². The Bertz CT molecular complexity index is 3180. The quantitative estimate of drug-likeness (QED) is 0.0416. The van der Waals surface area contributed by atoms with Gasteiger partial charge in [-0.05, 0) is 88.5 Å². The van der Waals surface area contributed by atoms with Crippen LogP contribution in [0, 0.1) is 29.4 Å². The van der Waals surface area contributed by atoms with Crippen molar-refractivity contribution in [2.45, 2.75) is 234 Å². The number of amides is 3. The molecule has 2 aromatic carbocycles. The first-order valence-corrected chi connectivity index (χ1v) is 32.8. The van der Waals surface area contributed by atoms with Crippen molar-refractivity contribution in [3.63, 3.8) is 0 Å². The van der Waals surface area contributed by atoms with Gasteiger partial charge in [-0.2, -0.15) is 0 Å². The van der Waals surface area contributed by atoms with Crippen LogP contribution >= 0.6 is 0 Å². The summed E-state index contributed by atoms with van der Waals surface area (Å²) in [6.07, 6.45) is -19.0. The van der Waals surface area contributed by atoms with Crippen LogP contribution in [0.4, 0.5) is 8.78 Å². The first kappa shape index (κ1) is 70.8. The molecular formula is C64H89F2N9O19. The number of rotatable bonds is 25. The largest absolute Gasteiger partial charge is 0.394 e. The molecule has 2 saturated carbocycles. The number of nitrogens with one attached hydrogen (secondary N) is 2. The van der Waals surface area contributed by atoms with E-state index in [4.69, 9.17) is 33.2 Å². The van der Waals surface area contributed by atoms with Crippen LogP contribution < -0.4 is 10.6 Å². The lowest BCUT2D eigenvalue weighted by molar-refractivity contribution is -0.338. The normalized spacial score (nSPS) is 35.7. The van der Waals surface area contributed by atoms with Gasteiger partial charge in [-0.25, -0.2) is 18.1 Å². The number of Topliss-reactive ketones (excluding diaryl/α,β-unsaturated/α-hetero) is 1. The van der Waals surface area contributed by atoms with Crippen molar-refractivity contribution in [1.82, 2.24) is 45.5 Å². The van der Waals surface area contributed by atoms with Crippen LogP contribution in [0.2, 0.25) is 0 Å². The van der Waals surface area contributed by atoms with Gasteiger partial charge in [-0.1, -0.05) is 68.3 Å². The molecule has 10 unspecified atom stereocenters. The minimum atomic E-state index is -1.72. The van der Waals surface area contributed by atoms with E-state index < -0.39 is 176 Å². The van der Waals surface area contributed by atoms with Crippen molar-refractivity contribution in [2.75, 3.05) is 26.2 Å². The summed E-state index contributed by atoms with van der Waals surface area (Å²) in [7, 11) is 0. The second-order valence-corrected chi connectivity index (χ2v) is 25.7. The smallest absolute Gasteiger partial charge is 0.251 e. The maximum absolute atomic E-state index is 14.6. The molecule has 30 heteroatoms. The van der Waals surface area contributed by atoms with E-state index in [1.807, 2.05) is 13.8 Å². The number of ketones is 1. The zero-order valence-electron chi connectivity index (χ0n) is 53.2. The zero-order chi connectivity index (χ0) is 67.2. The Labute approximate surface area is 542 Å². The lowest BCUT2D eigenvalue weighted by Crippen LogP contribution is -2.67. The maximum atomic E-state index is 14.6. The number of hydrogen-bond acceptors (Lipinski definition) is 23. The Morgan fingerprint density at radius 3 is 1.95 bits per heavy atom. The number of nitrogens with zero attached hydrogens (tertiary/aromatic N) is 7. The molecular weight excluding hydrogens is 1240 g/mol. The third kappa shape index (κ3) is 15.9. The molecule has 2 aliphatic carbocycles. The van der Waals surface area contributed by atoms with Crippen LogP contribution in [0.5, 0.6) is 0 Å². The molecule has 10 N–H and O–H groups in total. The second kappa shape index (κ2) is 31.5. The number of ether oxygens (including phenoxy) is 7. The summed E-state index contributed by atoms with van der Waals surface area (Å²) in [6, 6.07) is 7.85. The minimum Gasteiger partial charge on any atom is -0.394 e. The van der Waals surface area contributed by atoms with Crippen molar-refractivity contribution < 1.29 is 102 Å². The SMILES string of the molecule is CCC[C@H](OC1C(NC(C)=O)[C@H](O[C@@H]2CC(C(=O)CCCNC(=O)[C@H]3CC(n4cc(-c5cccc(F)c5)nn4)C(O)[C@H](O[C@@H]4OC(CC)[C@H](O)[C@@H](n5cc(-c6cccc(F)c6)nn5)C4O)C3)C[C@@H](CC)C2O[C@@H]2OC(C)[C@@H](O)[C@H](O)C2O)O[C@@H](CO)[C@@H]1O)C(=O)N1CCC1. The zero-order valence-corrected chi connectivity index (χ0v) is 53.2. The molecule has 0 spiro atoms. The molecule has 0 bridgehead atoms. The van der Waals surface area contributed by atoms with Crippen LogP contribution in [0.3, 0.4) is 0 Å². The predicted octanol–water partition coefficient (Wildman–Crippen LogP) is 1.15. The van der Waals surface area contributed by atoms with E-state index in [1.165, 1.54) is 72.0 Å². The molecule has 6 fully saturated rings. The van der Waals surface area contributed by atoms with Gasteiger partial charge in [-0.15, -0.1) is 10.2 Å². The number of carbonyl (C=O) groups excluding carboxylic acids is 4. The highest BCUT2D eigenvalue weighted by Crippen LogP contribution is 2.43. The number of benzene rings is 2. The molecule has 0 radical (unpaired) electrons. The van der Waals surface area contributed by atoms with Crippen molar-refractivity contribution >= 4 is 23.5 Å². The molecule has 4 aliphatic heterocycles. The molecule has 4 saturated heterocycles. The maximum Gasteiger partial charge on any atom is 0.251 e. The molecule has 2 aromatic heterocycles. The third-order valence-electron chi connectivity index (χ3n) is 19.2. The molecule has 6 heterocycles. The van der Waals surface area contributed by atoms with Crippen LogP contribution in [-0.4, -0.2) is 242 Å². The molecule has 10 rings (SSSR count). The standard InChI is InChI=1S/C64H89F2N9O19/c1-6-13-45(61(87)73-20-12-21-73)89-59-49(68-32(5)77)62(93-48(30-76)54(59)82)92-47-26-36(22-33(7-2)58(47)94-64-57(85)56(84)51(79)31(4)88-64)43(78)18-11-19-67-60(86)37-25-42(74-28-40(69-71-74)34-14-9-16-38(65)23-34)52(80)46(27-37)91-63-55(83)50(53(81)44(8-3)90-63)75-29-41(70-72-75)35-15-10-17-39(66)24-35/h9-10,14-17,23-24,28-29,31,33,36-37,42,44-59,62-64,76,79-85H,6-8,11-13,18-22,25-27,30H2,1-5H3,(H,67,86)(H,68,77)/t31?,33-,36?,37+,42?,44?,45+,46-,47-,48+,49?,50-,51-,52?,53+,54+,55?,56+,57?,58?,59?,62-,63+,64+/m1/s1. The van der Waals surface area contributed by atoms with Crippen molar-refractivity contribution in [2.24, 2.45) is 17.8 Å². The van der Waals surface area contributed by atoms with E-state index in [-0.39, 0.29) is 81.0 Å². The van der Waals surface area contributed by atoms with Gasteiger partial charge in [0.1, 0.15) is 102 Å². The van der Waals surface area contributed by atoms with Gasteiger partial charge in [-0.3, -0.25) is 19.2 Å². The number of aliphatic hydroxyl groups is 8. The Balaban J connectivity index is 0.854. The topological polar surface area (TPSA) is 383 Å². The Kier molecular flexibility index (Phi) is 23.7. The van der Waals surface area contributed by atoms with Crippen molar-refractivity contribution in [3.05, 3.63) is 72.6 Å². The van der Waals surface area contributed by atoms with Gasteiger partial charge in [0.25, 0.3) is 5.91 Å². The highest BCUT2D eigenvalue weighted by molar-refractivity contribution is 5.82. The fourth-order valence-electron chi connectivity index (χ4n) is 13.8. The predicted molar refractivity (Wildman–Crippen MR) is 323 cm³/mol. The molecule has 24 atom stereocenters. The van der Waals surface area contributed by atoms with Gasteiger partial charge in [0.15, 0.2) is 18.9 Å². The lowest BCUT2D eigenvalue weighted by atomic mass is 9.74. The highest BCUT2D eigenvalue weighted by atomic mass is 19.1. The number of halogens is 2. The van der Waals surface area contributed by atoms with E-state index in [1.54, 1.807) is 24.0 Å². The first-order valence-electron chi connectivity index (χ1n) is 32.8. The average Bonchev–Trinajstić information content (AvgIpc) is 1.11. The van der Waals surface area contributed by atoms with Gasteiger partial charge < -0.3 is 89.5 Å². The number of aromatic nitrogens is 6. The Morgan fingerprint density at radius 2 is 1.33 bits per heavy atom. The van der Waals surface area contributed by atoms with E-state index in [0.29, 0.717) is 37.1 Å². The fraction of sp³-hybridized carbons (Fsp3) is 0.688. The third-order valence-corrected chi connectivity index (χ3v) is 19.2. The summed E-state index contributed by atoms with van der Waals surface area (Å²) in [5.74, 6) is -4.73. The van der Waals surface area contributed by atoms with Gasteiger partial charge in [0, 0.05) is 55.9 Å². The Morgan fingerprint density at radius 1 is 0.691 bits per heavy atom. The molecule has 6 aliphatic rings. The van der Waals surface area contributed by atoms with E-state index in [2.05, 4.69) is 31.3 Å². The minimum absolute atomic E-state index is 0.00327. The number of aliphatic hydroxyl groups excluding tert-OH is 8. The summed E-state index contributed by atoms with van der Waals surface area (Å²) >= 11 is 0. The summed E-state index contributed by atoms with van der Waals surface area (Å²) < 4.78 is 75.8. The van der Waals surface area contributed by atoms with Crippen LogP contribution in [0.15, 0.2) is 60.9 Å². The van der Waals surface area contributed by atoms with Crippen LogP contribution in [-0.2, 0) is 52.3 Å². The van der Waals surface area contributed by atoms with E-state index >= 15 is 0 Å².